The van der Waals surface area contributed by atoms with Gasteiger partial charge in [-0.1, -0.05) is 30.3 Å². The van der Waals surface area contributed by atoms with Gasteiger partial charge in [0.25, 0.3) is 0 Å². The van der Waals surface area contributed by atoms with E-state index in [0.29, 0.717) is 5.82 Å². The van der Waals surface area contributed by atoms with Crippen LogP contribution in [0.3, 0.4) is 0 Å². The molecule has 1 aromatic carbocycles. The second-order valence-corrected chi connectivity index (χ2v) is 3.45. The topological polar surface area (TPSA) is 56.7 Å². The summed E-state index contributed by atoms with van der Waals surface area (Å²) in [5.74, 6) is 0.481. The Kier molecular flexibility index (Phi) is 2.97. The Morgan fingerprint density at radius 1 is 1.20 bits per heavy atom. The third-order valence-corrected chi connectivity index (χ3v) is 2.22. The van der Waals surface area contributed by atoms with E-state index < -0.39 is 0 Å². The van der Waals surface area contributed by atoms with E-state index in [2.05, 4.69) is 34.5 Å². The second-order valence-electron chi connectivity index (χ2n) is 3.45. The average molecular weight is 202 g/mol. The molecule has 0 aliphatic heterocycles. The van der Waals surface area contributed by atoms with Gasteiger partial charge in [0, 0.05) is 0 Å². The zero-order chi connectivity index (χ0) is 10.5. The molecule has 0 fully saturated rings. The number of nitrogens with two attached hydrogens (primary N) is 1. The number of hydrogen-bond donors (Lipinski definition) is 1. The minimum absolute atomic E-state index is 0.481. The third kappa shape index (κ3) is 2.80. The van der Waals surface area contributed by atoms with Gasteiger partial charge in [-0.05, 0) is 18.4 Å². The largest absolute Gasteiger partial charge is 0.381 e. The number of nitrogens with zero attached hydrogens (tertiary/aromatic N) is 3. The van der Waals surface area contributed by atoms with Crippen LogP contribution in [0.1, 0.15) is 12.0 Å². The number of rotatable bonds is 4. The predicted molar refractivity (Wildman–Crippen MR) is 59.2 cm³/mol. The minimum Gasteiger partial charge on any atom is -0.381 e. The number of aromatic nitrogens is 3. The SMILES string of the molecule is Nc1cnn(CCCc2ccccc2)n1. The summed E-state index contributed by atoms with van der Waals surface area (Å²) in [5, 5.41) is 8.05. The molecule has 0 saturated carbocycles. The van der Waals surface area contributed by atoms with Crippen molar-refractivity contribution in [2.24, 2.45) is 0 Å². The van der Waals surface area contributed by atoms with E-state index in [-0.39, 0.29) is 0 Å². The Balaban J connectivity index is 1.80. The first kappa shape index (κ1) is 9.71. The number of anilines is 1. The number of aryl methyl sites for hydroxylation is 2. The van der Waals surface area contributed by atoms with Gasteiger partial charge < -0.3 is 5.73 Å². The van der Waals surface area contributed by atoms with Crippen molar-refractivity contribution in [1.29, 1.82) is 0 Å². The summed E-state index contributed by atoms with van der Waals surface area (Å²) in [6, 6.07) is 10.4. The normalized spacial score (nSPS) is 10.4. The number of nitrogen functional groups attached to an aromatic ring is 1. The zero-order valence-electron chi connectivity index (χ0n) is 8.50. The van der Waals surface area contributed by atoms with E-state index in [1.807, 2.05) is 6.07 Å². The average Bonchev–Trinajstić information content (AvgIpc) is 2.66. The van der Waals surface area contributed by atoms with Crippen molar-refractivity contribution in [1.82, 2.24) is 15.0 Å². The lowest BCUT2D eigenvalue weighted by molar-refractivity contribution is 0.514. The van der Waals surface area contributed by atoms with Crippen LogP contribution in [0.2, 0.25) is 0 Å². The summed E-state index contributed by atoms with van der Waals surface area (Å²) < 4.78 is 0. The Labute approximate surface area is 88.7 Å². The molecule has 0 atom stereocenters. The molecule has 4 nitrogen and oxygen atoms in total. The standard InChI is InChI=1S/C11H14N4/c12-11-9-13-15(14-11)8-4-7-10-5-2-1-3-6-10/h1-3,5-6,9H,4,7-8H2,(H2,12,14). The highest BCUT2D eigenvalue weighted by molar-refractivity contribution is 5.19. The van der Waals surface area contributed by atoms with Crippen LogP contribution in [-0.2, 0) is 13.0 Å². The van der Waals surface area contributed by atoms with E-state index >= 15 is 0 Å². The quantitative estimate of drug-likeness (QED) is 0.817. The van der Waals surface area contributed by atoms with Crippen molar-refractivity contribution in [2.75, 3.05) is 5.73 Å². The number of benzene rings is 1. The van der Waals surface area contributed by atoms with Crippen LogP contribution in [-0.4, -0.2) is 15.0 Å². The molecular formula is C11H14N4. The summed E-state index contributed by atoms with van der Waals surface area (Å²) in [7, 11) is 0. The summed E-state index contributed by atoms with van der Waals surface area (Å²) in [6.07, 6.45) is 3.64. The highest BCUT2D eigenvalue weighted by Gasteiger charge is 1.96. The maximum atomic E-state index is 5.47. The molecule has 0 radical (unpaired) electrons. The first-order chi connectivity index (χ1) is 7.34. The van der Waals surface area contributed by atoms with E-state index in [1.54, 1.807) is 11.0 Å². The lowest BCUT2D eigenvalue weighted by atomic mass is 10.1. The molecule has 2 N–H and O–H groups in total. The summed E-state index contributed by atoms with van der Waals surface area (Å²) in [5.41, 5.74) is 6.81. The van der Waals surface area contributed by atoms with E-state index in [4.69, 9.17) is 5.73 Å². The maximum Gasteiger partial charge on any atom is 0.165 e. The smallest absolute Gasteiger partial charge is 0.165 e. The molecule has 1 heterocycles. The van der Waals surface area contributed by atoms with Crippen LogP contribution in [0.5, 0.6) is 0 Å². The Hall–Kier alpha value is -1.84. The van der Waals surface area contributed by atoms with Crippen molar-refractivity contribution in [3.8, 4) is 0 Å². The highest BCUT2D eigenvalue weighted by Crippen LogP contribution is 2.03. The van der Waals surface area contributed by atoms with Crippen molar-refractivity contribution in [3.05, 3.63) is 42.1 Å². The van der Waals surface area contributed by atoms with Crippen molar-refractivity contribution in [3.63, 3.8) is 0 Å². The van der Waals surface area contributed by atoms with Crippen molar-refractivity contribution < 1.29 is 0 Å². The summed E-state index contributed by atoms with van der Waals surface area (Å²) >= 11 is 0. The number of hydrogen-bond acceptors (Lipinski definition) is 3. The van der Waals surface area contributed by atoms with Crippen molar-refractivity contribution in [2.45, 2.75) is 19.4 Å². The molecule has 0 spiro atoms. The third-order valence-electron chi connectivity index (χ3n) is 2.22. The molecule has 0 aliphatic carbocycles. The van der Waals surface area contributed by atoms with Gasteiger partial charge >= 0.3 is 0 Å². The molecule has 78 valence electrons. The summed E-state index contributed by atoms with van der Waals surface area (Å²) in [4.78, 5) is 1.64. The molecule has 1 aromatic heterocycles. The van der Waals surface area contributed by atoms with Crippen LogP contribution < -0.4 is 5.73 Å². The minimum atomic E-state index is 0.481. The molecule has 0 bridgehead atoms. The van der Waals surface area contributed by atoms with Crippen LogP contribution >= 0.6 is 0 Å². The maximum absolute atomic E-state index is 5.47. The molecule has 0 amide bonds. The Morgan fingerprint density at radius 2 is 2.00 bits per heavy atom. The van der Waals surface area contributed by atoms with Gasteiger partial charge in [-0.3, -0.25) is 0 Å². The molecule has 4 heteroatoms. The predicted octanol–water partition coefficient (Wildman–Crippen LogP) is 1.49. The Bertz CT molecular complexity index is 408. The van der Waals surface area contributed by atoms with Gasteiger partial charge in [-0.2, -0.15) is 9.90 Å². The van der Waals surface area contributed by atoms with E-state index in [0.717, 1.165) is 19.4 Å². The zero-order valence-corrected chi connectivity index (χ0v) is 8.50. The fourth-order valence-corrected chi connectivity index (χ4v) is 1.49. The first-order valence-electron chi connectivity index (χ1n) is 5.04. The van der Waals surface area contributed by atoms with Crippen LogP contribution in [0.25, 0.3) is 0 Å². The monoisotopic (exact) mass is 202 g/mol. The molecule has 0 saturated heterocycles. The van der Waals surface area contributed by atoms with Gasteiger partial charge in [0.05, 0.1) is 12.7 Å². The summed E-state index contributed by atoms with van der Waals surface area (Å²) in [6.45, 7) is 0.812. The van der Waals surface area contributed by atoms with Gasteiger partial charge in [-0.15, -0.1) is 5.10 Å². The van der Waals surface area contributed by atoms with E-state index in [9.17, 15) is 0 Å². The van der Waals surface area contributed by atoms with E-state index in [1.165, 1.54) is 5.56 Å². The first-order valence-corrected chi connectivity index (χ1v) is 5.04. The van der Waals surface area contributed by atoms with Gasteiger partial charge in [0.15, 0.2) is 5.82 Å². The molecule has 2 aromatic rings. The second kappa shape index (κ2) is 4.59. The fraction of sp³-hybridized carbons (Fsp3) is 0.273. The molecular weight excluding hydrogens is 188 g/mol. The highest BCUT2D eigenvalue weighted by atomic mass is 15.5. The fourth-order valence-electron chi connectivity index (χ4n) is 1.49. The van der Waals surface area contributed by atoms with Crippen LogP contribution in [0.15, 0.2) is 36.5 Å². The van der Waals surface area contributed by atoms with Crippen LogP contribution in [0.4, 0.5) is 5.82 Å². The lowest BCUT2D eigenvalue weighted by Crippen LogP contribution is -2.03. The lowest BCUT2D eigenvalue weighted by Gasteiger charge is -2.00. The molecule has 15 heavy (non-hydrogen) atoms. The van der Waals surface area contributed by atoms with Gasteiger partial charge in [-0.25, -0.2) is 0 Å². The van der Waals surface area contributed by atoms with Gasteiger partial charge in [0.1, 0.15) is 0 Å². The molecule has 2 rings (SSSR count). The van der Waals surface area contributed by atoms with Crippen molar-refractivity contribution >= 4 is 5.82 Å². The van der Waals surface area contributed by atoms with Crippen LogP contribution in [0, 0.1) is 0 Å². The van der Waals surface area contributed by atoms with Gasteiger partial charge in [0.2, 0.25) is 0 Å². The molecule has 0 aliphatic rings. The molecule has 0 unspecified atom stereocenters. The Morgan fingerprint density at radius 3 is 2.67 bits per heavy atom.